The van der Waals surface area contributed by atoms with E-state index in [4.69, 9.17) is 0 Å². The standard InChI is InChI=1S/C13H14F2N2O2/c14-9-2-1-8(11(15)6-9)5-13(19)17-10-3-4-12(18)16-7-10/h1-2,6,10H,3-5,7H2,(H,16,18)(H,17,19). The highest BCUT2D eigenvalue weighted by Crippen LogP contribution is 2.10. The third-order valence-electron chi connectivity index (χ3n) is 3.00. The molecule has 2 N–H and O–H groups in total. The zero-order chi connectivity index (χ0) is 13.8. The van der Waals surface area contributed by atoms with E-state index in [2.05, 4.69) is 10.6 Å². The molecule has 2 rings (SSSR count). The predicted octanol–water partition coefficient (Wildman–Crippen LogP) is 0.902. The summed E-state index contributed by atoms with van der Waals surface area (Å²) in [7, 11) is 0. The van der Waals surface area contributed by atoms with Crippen molar-refractivity contribution in [2.24, 2.45) is 0 Å². The first-order valence-corrected chi connectivity index (χ1v) is 6.04. The second kappa shape index (κ2) is 5.77. The van der Waals surface area contributed by atoms with E-state index in [9.17, 15) is 18.4 Å². The summed E-state index contributed by atoms with van der Waals surface area (Å²) in [6, 6.07) is 3.00. The second-order valence-corrected chi connectivity index (χ2v) is 4.52. The first kappa shape index (κ1) is 13.5. The molecule has 6 heteroatoms. The Morgan fingerprint density at radius 3 is 2.84 bits per heavy atom. The Morgan fingerprint density at radius 1 is 1.42 bits per heavy atom. The summed E-state index contributed by atoms with van der Waals surface area (Å²) < 4.78 is 26.1. The zero-order valence-electron chi connectivity index (χ0n) is 10.2. The van der Waals surface area contributed by atoms with Gasteiger partial charge in [0, 0.05) is 25.1 Å². The van der Waals surface area contributed by atoms with Crippen LogP contribution in [-0.2, 0) is 16.0 Å². The molecule has 4 nitrogen and oxygen atoms in total. The van der Waals surface area contributed by atoms with Gasteiger partial charge in [0.2, 0.25) is 11.8 Å². The number of rotatable bonds is 3. The van der Waals surface area contributed by atoms with E-state index >= 15 is 0 Å². The van der Waals surface area contributed by atoms with Crippen LogP contribution in [0.5, 0.6) is 0 Å². The van der Waals surface area contributed by atoms with E-state index in [1.807, 2.05) is 0 Å². The maximum Gasteiger partial charge on any atom is 0.224 e. The van der Waals surface area contributed by atoms with Crippen LogP contribution in [0.4, 0.5) is 8.78 Å². The largest absolute Gasteiger partial charge is 0.354 e. The number of hydrogen-bond acceptors (Lipinski definition) is 2. The van der Waals surface area contributed by atoms with Crippen molar-refractivity contribution in [2.75, 3.05) is 6.54 Å². The van der Waals surface area contributed by atoms with Gasteiger partial charge >= 0.3 is 0 Å². The first-order chi connectivity index (χ1) is 9.04. The maximum absolute atomic E-state index is 13.4. The molecule has 1 aromatic rings. The Morgan fingerprint density at radius 2 is 2.21 bits per heavy atom. The maximum atomic E-state index is 13.4. The average Bonchev–Trinajstić information content (AvgIpc) is 2.36. The summed E-state index contributed by atoms with van der Waals surface area (Å²) in [6.45, 7) is 0.385. The summed E-state index contributed by atoms with van der Waals surface area (Å²) in [6.07, 6.45) is 0.801. The fraction of sp³-hybridized carbons (Fsp3) is 0.385. The Hall–Kier alpha value is -1.98. The summed E-state index contributed by atoms with van der Waals surface area (Å²) in [4.78, 5) is 22.7. The molecule has 1 unspecified atom stereocenters. The highest BCUT2D eigenvalue weighted by atomic mass is 19.1. The Bertz CT molecular complexity index is 495. The molecule has 1 aliphatic rings. The number of carbonyl (C=O) groups is 2. The van der Waals surface area contributed by atoms with Crippen molar-refractivity contribution in [3.63, 3.8) is 0 Å². The molecule has 1 saturated heterocycles. The summed E-state index contributed by atoms with van der Waals surface area (Å²) in [5.74, 6) is -1.77. The minimum absolute atomic E-state index is 0.0323. The molecule has 102 valence electrons. The van der Waals surface area contributed by atoms with Crippen LogP contribution < -0.4 is 10.6 Å². The lowest BCUT2D eigenvalue weighted by Gasteiger charge is -2.23. The lowest BCUT2D eigenvalue weighted by atomic mass is 10.1. The summed E-state index contributed by atoms with van der Waals surface area (Å²) in [5.41, 5.74) is 0.152. The van der Waals surface area contributed by atoms with Crippen LogP contribution in [0.15, 0.2) is 18.2 Å². The minimum atomic E-state index is -0.730. The minimum Gasteiger partial charge on any atom is -0.354 e. The van der Waals surface area contributed by atoms with Gasteiger partial charge in [0.1, 0.15) is 11.6 Å². The van der Waals surface area contributed by atoms with Crippen molar-refractivity contribution in [1.29, 1.82) is 0 Å². The smallest absolute Gasteiger partial charge is 0.224 e. The molecule has 0 aliphatic carbocycles. The molecule has 1 aliphatic heterocycles. The molecule has 0 bridgehead atoms. The van der Waals surface area contributed by atoms with Gasteiger partial charge in [-0.2, -0.15) is 0 Å². The molecule has 0 radical (unpaired) electrons. The van der Waals surface area contributed by atoms with E-state index in [0.717, 1.165) is 12.1 Å². The van der Waals surface area contributed by atoms with Crippen LogP contribution in [0.1, 0.15) is 18.4 Å². The number of piperidine rings is 1. The van der Waals surface area contributed by atoms with Crippen molar-refractivity contribution in [3.8, 4) is 0 Å². The third kappa shape index (κ3) is 3.74. The van der Waals surface area contributed by atoms with Crippen LogP contribution in [0.3, 0.4) is 0 Å². The van der Waals surface area contributed by atoms with Gasteiger partial charge in [-0.15, -0.1) is 0 Å². The number of halogens is 2. The molecule has 0 aromatic heterocycles. The van der Waals surface area contributed by atoms with Gasteiger partial charge in [-0.1, -0.05) is 6.07 Å². The van der Waals surface area contributed by atoms with E-state index in [1.54, 1.807) is 0 Å². The van der Waals surface area contributed by atoms with Crippen molar-refractivity contribution in [1.82, 2.24) is 10.6 Å². The number of nitrogens with one attached hydrogen (secondary N) is 2. The van der Waals surface area contributed by atoms with Gasteiger partial charge in [-0.05, 0) is 18.1 Å². The van der Waals surface area contributed by atoms with Crippen LogP contribution >= 0.6 is 0 Å². The molecule has 1 atom stereocenters. The highest BCUT2D eigenvalue weighted by Gasteiger charge is 2.20. The number of carbonyl (C=O) groups excluding carboxylic acids is 2. The lowest BCUT2D eigenvalue weighted by molar-refractivity contribution is -0.125. The van der Waals surface area contributed by atoms with Crippen LogP contribution in [0.25, 0.3) is 0 Å². The van der Waals surface area contributed by atoms with E-state index < -0.39 is 11.6 Å². The van der Waals surface area contributed by atoms with Crippen molar-refractivity contribution in [3.05, 3.63) is 35.4 Å². The van der Waals surface area contributed by atoms with E-state index in [0.29, 0.717) is 19.4 Å². The molecule has 0 saturated carbocycles. The average molecular weight is 268 g/mol. The van der Waals surface area contributed by atoms with Gasteiger partial charge in [-0.25, -0.2) is 8.78 Å². The highest BCUT2D eigenvalue weighted by molar-refractivity contribution is 5.80. The van der Waals surface area contributed by atoms with Crippen molar-refractivity contribution < 1.29 is 18.4 Å². The topological polar surface area (TPSA) is 58.2 Å². The molecule has 1 heterocycles. The fourth-order valence-electron chi connectivity index (χ4n) is 1.97. The SMILES string of the molecule is O=C1CCC(NC(=O)Cc2ccc(F)cc2F)CN1. The van der Waals surface area contributed by atoms with Crippen molar-refractivity contribution in [2.45, 2.75) is 25.3 Å². The molecule has 2 amide bonds. The van der Waals surface area contributed by atoms with Gasteiger partial charge in [0.05, 0.1) is 6.42 Å². The van der Waals surface area contributed by atoms with Gasteiger partial charge < -0.3 is 10.6 Å². The number of hydrogen-bond donors (Lipinski definition) is 2. The van der Waals surface area contributed by atoms with Crippen LogP contribution in [-0.4, -0.2) is 24.4 Å². The Labute approximate surface area is 109 Å². The van der Waals surface area contributed by atoms with Crippen LogP contribution in [0, 0.1) is 11.6 Å². The summed E-state index contributed by atoms with van der Waals surface area (Å²) >= 11 is 0. The molecule has 0 spiro atoms. The second-order valence-electron chi connectivity index (χ2n) is 4.52. The van der Waals surface area contributed by atoms with Gasteiger partial charge in [0.25, 0.3) is 0 Å². The zero-order valence-corrected chi connectivity index (χ0v) is 10.2. The molecule has 19 heavy (non-hydrogen) atoms. The normalized spacial score (nSPS) is 18.8. The molecule has 1 aromatic carbocycles. The van der Waals surface area contributed by atoms with E-state index in [1.165, 1.54) is 6.07 Å². The Kier molecular flexibility index (Phi) is 4.09. The lowest BCUT2D eigenvalue weighted by Crippen LogP contribution is -2.48. The predicted molar refractivity (Wildman–Crippen MR) is 64.2 cm³/mol. The summed E-state index contributed by atoms with van der Waals surface area (Å²) in [5, 5.41) is 5.36. The third-order valence-corrected chi connectivity index (χ3v) is 3.00. The fourth-order valence-corrected chi connectivity index (χ4v) is 1.97. The molecule has 1 fully saturated rings. The van der Waals surface area contributed by atoms with Gasteiger partial charge in [0.15, 0.2) is 0 Å². The first-order valence-electron chi connectivity index (χ1n) is 6.04. The monoisotopic (exact) mass is 268 g/mol. The van der Waals surface area contributed by atoms with Crippen molar-refractivity contribution >= 4 is 11.8 Å². The van der Waals surface area contributed by atoms with E-state index in [-0.39, 0.29) is 29.8 Å². The number of benzene rings is 1. The molecular formula is C13H14F2N2O2. The van der Waals surface area contributed by atoms with Gasteiger partial charge in [-0.3, -0.25) is 9.59 Å². The number of amides is 2. The molecular weight excluding hydrogens is 254 g/mol. The van der Waals surface area contributed by atoms with Crippen LogP contribution in [0.2, 0.25) is 0 Å². The quantitative estimate of drug-likeness (QED) is 0.855. The Balaban J connectivity index is 1.89.